The van der Waals surface area contributed by atoms with E-state index < -0.39 is 30.5 Å². The predicted octanol–water partition coefficient (Wildman–Crippen LogP) is 4.83. The summed E-state index contributed by atoms with van der Waals surface area (Å²) < 4.78 is 56.7. The van der Waals surface area contributed by atoms with E-state index >= 15 is 0 Å². The summed E-state index contributed by atoms with van der Waals surface area (Å²) in [5.41, 5.74) is 0.135. The van der Waals surface area contributed by atoms with Crippen molar-refractivity contribution < 1.29 is 21.6 Å². The highest BCUT2D eigenvalue weighted by atomic mass is 79.9. The van der Waals surface area contributed by atoms with Crippen molar-refractivity contribution in [1.82, 2.24) is 0 Å². The monoisotopic (exact) mass is 549 g/mol. The third-order valence-corrected chi connectivity index (χ3v) is 8.54. The number of Topliss-reactive ketones (excluding diaryl/α,β-unsaturated/α-hetero) is 1. The van der Waals surface area contributed by atoms with E-state index in [-0.39, 0.29) is 26.6 Å². The molecule has 162 valence electrons. The van der Waals surface area contributed by atoms with Gasteiger partial charge in [-0.2, -0.15) is 12.8 Å². The number of sulfonamides is 1. The van der Waals surface area contributed by atoms with Gasteiger partial charge in [-0.3, -0.25) is 4.79 Å². The number of fused-ring (bicyclic) bond motifs is 1. The maximum atomic E-state index is 13.2. The Kier molecular flexibility index (Phi) is 5.93. The van der Waals surface area contributed by atoms with Gasteiger partial charge in [0.25, 0.3) is 10.0 Å². The molecule has 0 radical (unpaired) electrons. The molecule has 1 aliphatic rings. The Morgan fingerprint density at radius 2 is 1.31 bits per heavy atom. The first-order chi connectivity index (χ1) is 15.1. The number of benzene rings is 3. The van der Waals surface area contributed by atoms with E-state index in [1.807, 2.05) is 0 Å². The Morgan fingerprint density at radius 1 is 0.750 bits per heavy atom. The van der Waals surface area contributed by atoms with Gasteiger partial charge in [0.1, 0.15) is 4.91 Å². The fourth-order valence-corrected chi connectivity index (χ4v) is 5.86. The molecule has 0 spiro atoms. The average Bonchev–Trinajstić information content (AvgIpc) is 2.76. The van der Waals surface area contributed by atoms with E-state index in [0.29, 0.717) is 9.50 Å². The van der Waals surface area contributed by atoms with Crippen molar-refractivity contribution in [1.29, 1.82) is 0 Å². The minimum absolute atomic E-state index is 0.0484. The molecule has 0 aliphatic heterocycles. The second-order valence-corrected chi connectivity index (χ2v) is 11.6. The summed E-state index contributed by atoms with van der Waals surface area (Å²) in [7, 11) is -8.44. The number of carbonyl (C=O) groups is 1. The maximum Gasteiger partial charge on any atom is 0.282 e. The lowest BCUT2D eigenvalue weighted by molar-refractivity contribution is 0.104. The van der Waals surface area contributed by atoms with E-state index in [9.17, 15) is 21.6 Å². The zero-order chi connectivity index (χ0) is 23.1. The molecule has 3 aromatic carbocycles. The summed E-state index contributed by atoms with van der Waals surface area (Å²) in [4.78, 5) is 12.3. The molecular formula is C22H13BrClNO5S2. The Morgan fingerprint density at radius 3 is 1.94 bits per heavy atom. The van der Waals surface area contributed by atoms with Crippen molar-refractivity contribution >= 4 is 58.9 Å². The zero-order valence-corrected chi connectivity index (χ0v) is 20.0. The van der Waals surface area contributed by atoms with E-state index in [1.54, 1.807) is 24.3 Å². The largest absolute Gasteiger partial charge is 0.288 e. The molecule has 4 rings (SSSR count). The van der Waals surface area contributed by atoms with Crippen LogP contribution in [0.3, 0.4) is 0 Å². The van der Waals surface area contributed by atoms with E-state index in [1.165, 1.54) is 48.5 Å². The quantitative estimate of drug-likeness (QED) is 0.463. The standard InChI is InChI=1S/C22H13BrClNO5S2/c23-14-5-9-17(10-6-14)32(29,30)25-20-13-21(22(26)19-4-2-1-3-18(19)20)31(27,28)16-11-7-15(24)8-12-16/h1-13H/b25-20+. The maximum absolute atomic E-state index is 13.2. The third-order valence-electron chi connectivity index (χ3n) is 4.68. The van der Waals surface area contributed by atoms with Crippen LogP contribution in [0.15, 0.2) is 102 Å². The van der Waals surface area contributed by atoms with Crippen molar-refractivity contribution in [3.8, 4) is 0 Å². The van der Waals surface area contributed by atoms with Crippen LogP contribution in [0.1, 0.15) is 15.9 Å². The van der Waals surface area contributed by atoms with Crippen LogP contribution in [0.5, 0.6) is 0 Å². The van der Waals surface area contributed by atoms with Crippen LogP contribution >= 0.6 is 27.5 Å². The zero-order valence-electron chi connectivity index (χ0n) is 16.1. The molecule has 0 bridgehead atoms. The predicted molar refractivity (Wildman–Crippen MR) is 125 cm³/mol. The number of carbonyl (C=O) groups excluding carboxylic acids is 1. The van der Waals surface area contributed by atoms with Crippen LogP contribution in [-0.2, 0) is 19.9 Å². The topological polar surface area (TPSA) is 97.7 Å². The highest BCUT2D eigenvalue weighted by molar-refractivity contribution is 9.10. The van der Waals surface area contributed by atoms with E-state index in [2.05, 4.69) is 20.3 Å². The molecule has 0 amide bonds. The average molecular weight is 551 g/mol. The first-order valence-electron chi connectivity index (χ1n) is 9.06. The van der Waals surface area contributed by atoms with Crippen molar-refractivity contribution in [2.45, 2.75) is 9.79 Å². The lowest BCUT2D eigenvalue weighted by Crippen LogP contribution is -2.23. The van der Waals surface area contributed by atoms with Gasteiger partial charge in [0.05, 0.1) is 15.5 Å². The molecule has 0 unspecified atom stereocenters. The number of nitrogens with zero attached hydrogens (tertiary/aromatic N) is 1. The summed E-state index contributed by atoms with van der Waals surface area (Å²) in [5.74, 6) is -0.740. The fourth-order valence-electron chi connectivity index (χ4n) is 3.11. The Labute approximate surface area is 198 Å². The first kappa shape index (κ1) is 22.6. The van der Waals surface area contributed by atoms with Gasteiger partial charge in [-0.25, -0.2) is 8.42 Å². The Balaban J connectivity index is 1.92. The van der Waals surface area contributed by atoms with E-state index in [0.717, 1.165) is 6.08 Å². The highest BCUT2D eigenvalue weighted by Crippen LogP contribution is 2.30. The molecule has 0 aromatic heterocycles. The number of rotatable bonds is 4. The van der Waals surface area contributed by atoms with Gasteiger partial charge in [-0.05, 0) is 54.6 Å². The number of hydrogen-bond donors (Lipinski definition) is 0. The minimum atomic E-state index is -4.26. The van der Waals surface area contributed by atoms with Crippen LogP contribution in [0, 0.1) is 0 Å². The van der Waals surface area contributed by atoms with Gasteiger partial charge in [0.15, 0.2) is 0 Å². The van der Waals surface area contributed by atoms with Crippen LogP contribution in [0.2, 0.25) is 5.02 Å². The summed E-state index contributed by atoms with van der Waals surface area (Å²) in [6.07, 6.45) is 1.00. The lowest BCUT2D eigenvalue weighted by atomic mass is 9.94. The van der Waals surface area contributed by atoms with Crippen molar-refractivity contribution in [3.63, 3.8) is 0 Å². The number of ketones is 1. The van der Waals surface area contributed by atoms with Crippen LogP contribution in [0.25, 0.3) is 0 Å². The second-order valence-electron chi connectivity index (χ2n) is 6.75. The third kappa shape index (κ3) is 4.21. The summed E-state index contributed by atoms with van der Waals surface area (Å²) in [6.45, 7) is 0. The van der Waals surface area contributed by atoms with Crippen molar-refractivity contribution in [2.24, 2.45) is 4.40 Å². The second kappa shape index (κ2) is 8.40. The molecule has 0 saturated heterocycles. The lowest BCUT2D eigenvalue weighted by Gasteiger charge is -2.17. The molecule has 10 heteroatoms. The number of sulfone groups is 1. The minimum Gasteiger partial charge on any atom is -0.288 e. The van der Waals surface area contributed by atoms with Gasteiger partial charge in [-0.15, -0.1) is 0 Å². The molecule has 32 heavy (non-hydrogen) atoms. The van der Waals surface area contributed by atoms with Crippen molar-refractivity contribution in [2.75, 3.05) is 0 Å². The molecule has 0 fully saturated rings. The Bertz CT molecular complexity index is 1510. The smallest absolute Gasteiger partial charge is 0.282 e. The van der Waals surface area contributed by atoms with Gasteiger partial charge in [0.2, 0.25) is 15.6 Å². The molecule has 0 atom stereocenters. The molecule has 3 aromatic rings. The van der Waals surface area contributed by atoms with Gasteiger partial charge in [-0.1, -0.05) is 51.8 Å². The highest BCUT2D eigenvalue weighted by Gasteiger charge is 2.34. The van der Waals surface area contributed by atoms with Crippen LogP contribution < -0.4 is 0 Å². The van der Waals surface area contributed by atoms with Crippen molar-refractivity contribution in [3.05, 3.63) is 104 Å². The van der Waals surface area contributed by atoms with Gasteiger partial charge in [0, 0.05) is 20.6 Å². The molecule has 6 nitrogen and oxygen atoms in total. The fraction of sp³-hybridized carbons (Fsp3) is 0. The summed E-state index contributed by atoms with van der Waals surface area (Å²) in [6, 6.07) is 17.3. The van der Waals surface area contributed by atoms with Gasteiger partial charge < -0.3 is 0 Å². The SMILES string of the molecule is O=C1C(S(=O)(=O)c2ccc(Cl)cc2)=C/C(=N\S(=O)(=O)c2ccc(Br)cc2)c2ccccc21. The number of halogens is 2. The molecule has 0 N–H and O–H groups in total. The molecule has 1 aliphatic carbocycles. The molecule has 0 heterocycles. The number of hydrogen-bond acceptors (Lipinski definition) is 5. The van der Waals surface area contributed by atoms with Crippen LogP contribution in [0.4, 0.5) is 0 Å². The Hall–Kier alpha value is -2.59. The van der Waals surface area contributed by atoms with Gasteiger partial charge >= 0.3 is 0 Å². The van der Waals surface area contributed by atoms with Crippen LogP contribution in [-0.4, -0.2) is 28.3 Å². The van der Waals surface area contributed by atoms with E-state index in [4.69, 9.17) is 11.6 Å². The summed E-state index contributed by atoms with van der Waals surface area (Å²) >= 11 is 9.08. The normalized spacial score (nSPS) is 15.4. The molecular weight excluding hydrogens is 538 g/mol. The molecule has 0 saturated carbocycles. The first-order valence-corrected chi connectivity index (χ1v) is 13.2. The number of allylic oxidation sites excluding steroid dienone is 2. The summed E-state index contributed by atoms with van der Waals surface area (Å²) in [5, 5.41) is 0.334.